The highest BCUT2D eigenvalue weighted by molar-refractivity contribution is 5.86. The van der Waals surface area contributed by atoms with Crippen molar-refractivity contribution in [3.63, 3.8) is 0 Å². The summed E-state index contributed by atoms with van der Waals surface area (Å²) in [7, 11) is 3.68. The van der Waals surface area contributed by atoms with Gasteiger partial charge in [0.05, 0.1) is 5.54 Å². The summed E-state index contributed by atoms with van der Waals surface area (Å²) in [5.41, 5.74) is 0.916. The van der Waals surface area contributed by atoms with Crippen LogP contribution in [0.4, 0.5) is 0 Å². The van der Waals surface area contributed by atoms with Crippen molar-refractivity contribution < 1.29 is 4.79 Å². The van der Waals surface area contributed by atoms with Crippen LogP contribution in [0.1, 0.15) is 31.2 Å². The van der Waals surface area contributed by atoms with E-state index in [2.05, 4.69) is 16.4 Å². The Morgan fingerprint density at radius 1 is 1.53 bits per heavy atom. The van der Waals surface area contributed by atoms with Crippen LogP contribution in [0.25, 0.3) is 0 Å². The van der Waals surface area contributed by atoms with Crippen molar-refractivity contribution >= 4 is 5.91 Å². The normalized spacial score (nSPS) is 22.4. The van der Waals surface area contributed by atoms with E-state index in [1.165, 1.54) is 5.56 Å². The van der Waals surface area contributed by atoms with Crippen LogP contribution < -0.4 is 5.32 Å². The Hall–Kier alpha value is -1.42. The average molecular weight is 261 g/mol. The fourth-order valence-corrected chi connectivity index (χ4v) is 2.88. The molecule has 0 saturated carbocycles. The van der Waals surface area contributed by atoms with Gasteiger partial charge in [-0.25, -0.2) is 0 Å². The second kappa shape index (κ2) is 6.15. The zero-order chi connectivity index (χ0) is 13.7. The number of pyridine rings is 1. The fraction of sp³-hybridized carbons (Fsp3) is 0.600. The molecule has 0 bridgehead atoms. The highest BCUT2D eigenvalue weighted by Gasteiger charge is 2.41. The van der Waals surface area contributed by atoms with Crippen molar-refractivity contribution in [2.45, 2.75) is 37.6 Å². The van der Waals surface area contributed by atoms with Crippen LogP contribution in [0.3, 0.4) is 0 Å². The summed E-state index contributed by atoms with van der Waals surface area (Å²) in [6, 6.07) is 4.05. The van der Waals surface area contributed by atoms with Crippen LogP contribution in [0, 0.1) is 0 Å². The Balaban J connectivity index is 1.93. The predicted octanol–water partition coefficient (Wildman–Crippen LogP) is 1.61. The highest BCUT2D eigenvalue weighted by atomic mass is 16.2. The van der Waals surface area contributed by atoms with Crippen LogP contribution in [-0.2, 0) is 11.2 Å². The van der Waals surface area contributed by atoms with Crippen molar-refractivity contribution in [3.8, 4) is 0 Å². The molecule has 1 fully saturated rings. The van der Waals surface area contributed by atoms with Crippen molar-refractivity contribution in [2.75, 3.05) is 20.6 Å². The van der Waals surface area contributed by atoms with Crippen LogP contribution in [0.2, 0.25) is 0 Å². The molecule has 0 radical (unpaired) electrons. The number of aromatic nitrogens is 1. The summed E-state index contributed by atoms with van der Waals surface area (Å²) < 4.78 is 0. The van der Waals surface area contributed by atoms with Crippen LogP contribution in [0.15, 0.2) is 24.5 Å². The SMILES string of the molecule is CN(C)C(=O)[C@]1(CCCc2cccnc2)CCCN1. The van der Waals surface area contributed by atoms with E-state index in [0.29, 0.717) is 0 Å². The first-order chi connectivity index (χ1) is 9.14. The Kier molecular flexibility index (Phi) is 4.53. The molecule has 0 aliphatic carbocycles. The molecule has 2 rings (SSSR count). The minimum atomic E-state index is -0.328. The standard InChI is InChI=1S/C15H23N3O/c1-18(2)14(19)15(9-5-11-17-15)8-3-6-13-7-4-10-16-12-13/h4,7,10,12,17H,3,5-6,8-9,11H2,1-2H3/t15-/m0/s1. The zero-order valence-corrected chi connectivity index (χ0v) is 11.9. The number of nitrogens with one attached hydrogen (secondary N) is 1. The third-order valence-electron chi connectivity index (χ3n) is 3.85. The summed E-state index contributed by atoms with van der Waals surface area (Å²) in [6.07, 6.45) is 8.64. The third-order valence-corrected chi connectivity index (χ3v) is 3.85. The molecule has 1 aliphatic heterocycles. The molecule has 104 valence electrons. The van der Waals surface area contributed by atoms with Crippen LogP contribution in [0.5, 0.6) is 0 Å². The molecule has 1 saturated heterocycles. The number of aryl methyl sites for hydroxylation is 1. The van der Waals surface area contributed by atoms with E-state index in [0.717, 1.165) is 38.6 Å². The maximum absolute atomic E-state index is 12.4. The van der Waals surface area contributed by atoms with E-state index in [-0.39, 0.29) is 11.4 Å². The van der Waals surface area contributed by atoms with Gasteiger partial charge in [-0.2, -0.15) is 0 Å². The summed E-state index contributed by atoms with van der Waals surface area (Å²) >= 11 is 0. The minimum absolute atomic E-state index is 0.219. The summed E-state index contributed by atoms with van der Waals surface area (Å²) in [5, 5.41) is 3.43. The molecule has 0 aromatic carbocycles. The quantitative estimate of drug-likeness (QED) is 0.876. The maximum Gasteiger partial charge on any atom is 0.242 e. The molecule has 2 heterocycles. The Morgan fingerprint density at radius 3 is 2.95 bits per heavy atom. The first-order valence-electron chi connectivity index (χ1n) is 7.00. The van der Waals surface area contributed by atoms with Gasteiger partial charge in [0.25, 0.3) is 0 Å². The molecule has 1 aromatic rings. The molecule has 1 atom stereocenters. The van der Waals surface area contributed by atoms with E-state index in [9.17, 15) is 4.79 Å². The lowest BCUT2D eigenvalue weighted by molar-refractivity contribution is -0.135. The molecular weight excluding hydrogens is 238 g/mol. The van der Waals surface area contributed by atoms with Gasteiger partial charge in [-0.15, -0.1) is 0 Å². The predicted molar refractivity (Wildman–Crippen MR) is 75.8 cm³/mol. The van der Waals surface area contributed by atoms with E-state index >= 15 is 0 Å². The topological polar surface area (TPSA) is 45.2 Å². The molecule has 1 amide bonds. The Bertz CT molecular complexity index is 411. The van der Waals surface area contributed by atoms with Crippen LogP contribution >= 0.6 is 0 Å². The van der Waals surface area contributed by atoms with E-state index in [1.807, 2.05) is 26.4 Å². The lowest BCUT2D eigenvalue weighted by Gasteiger charge is -2.31. The largest absolute Gasteiger partial charge is 0.347 e. The summed E-state index contributed by atoms with van der Waals surface area (Å²) in [5.74, 6) is 0.219. The van der Waals surface area contributed by atoms with Crippen molar-refractivity contribution in [3.05, 3.63) is 30.1 Å². The van der Waals surface area contributed by atoms with Gasteiger partial charge in [-0.3, -0.25) is 9.78 Å². The molecule has 1 aromatic heterocycles. The van der Waals surface area contributed by atoms with E-state index in [4.69, 9.17) is 0 Å². The number of carbonyl (C=O) groups excluding carboxylic acids is 1. The highest BCUT2D eigenvalue weighted by Crippen LogP contribution is 2.27. The number of rotatable bonds is 5. The van der Waals surface area contributed by atoms with Gasteiger partial charge in [0, 0.05) is 26.5 Å². The second-order valence-electron chi connectivity index (χ2n) is 5.53. The smallest absolute Gasteiger partial charge is 0.242 e. The van der Waals surface area contributed by atoms with Gasteiger partial charge < -0.3 is 10.2 Å². The molecule has 0 unspecified atom stereocenters. The first kappa shape index (κ1) is 14.0. The lowest BCUT2D eigenvalue weighted by atomic mass is 9.88. The Morgan fingerprint density at radius 2 is 2.37 bits per heavy atom. The summed E-state index contributed by atoms with van der Waals surface area (Å²) in [6.45, 7) is 0.951. The number of amides is 1. The summed E-state index contributed by atoms with van der Waals surface area (Å²) in [4.78, 5) is 18.2. The molecule has 19 heavy (non-hydrogen) atoms. The van der Waals surface area contributed by atoms with E-state index in [1.54, 1.807) is 11.1 Å². The minimum Gasteiger partial charge on any atom is -0.347 e. The van der Waals surface area contributed by atoms with Gasteiger partial charge >= 0.3 is 0 Å². The lowest BCUT2D eigenvalue weighted by Crippen LogP contribution is -2.53. The molecule has 4 nitrogen and oxygen atoms in total. The third kappa shape index (κ3) is 3.32. The van der Waals surface area contributed by atoms with Gasteiger partial charge in [-0.1, -0.05) is 6.07 Å². The first-order valence-corrected chi connectivity index (χ1v) is 7.00. The zero-order valence-electron chi connectivity index (χ0n) is 11.9. The monoisotopic (exact) mass is 261 g/mol. The molecule has 0 spiro atoms. The molecule has 1 N–H and O–H groups in total. The number of carbonyl (C=O) groups is 1. The van der Waals surface area contributed by atoms with Gasteiger partial charge in [0.15, 0.2) is 0 Å². The maximum atomic E-state index is 12.4. The number of hydrogen-bond acceptors (Lipinski definition) is 3. The second-order valence-corrected chi connectivity index (χ2v) is 5.53. The fourth-order valence-electron chi connectivity index (χ4n) is 2.88. The number of nitrogens with zero attached hydrogens (tertiary/aromatic N) is 2. The van der Waals surface area contributed by atoms with Crippen molar-refractivity contribution in [1.29, 1.82) is 0 Å². The Labute approximate surface area is 115 Å². The van der Waals surface area contributed by atoms with Gasteiger partial charge in [0.2, 0.25) is 5.91 Å². The van der Waals surface area contributed by atoms with Gasteiger partial charge in [0.1, 0.15) is 0 Å². The molecule has 4 heteroatoms. The van der Waals surface area contributed by atoms with Crippen molar-refractivity contribution in [2.24, 2.45) is 0 Å². The molecular formula is C15H23N3O. The average Bonchev–Trinajstić information content (AvgIpc) is 2.89. The van der Waals surface area contributed by atoms with Crippen LogP contribution in [-0.4, -0.2) is 42.0 Å². The van der Waals surface area contributed by atoms with Gasteiger partial charge in [-0.05, 0) is 50.3 Å². The van der Waals surface area contributed by atoms with Crippen molar-refractivity contribution in [1.82, 2.24) is 15.2 Å². The number of likely N-dealkylation sites (N-methyl/N-ethyl adjacent to an activating group) is 1. The molecule has 1 aliphatic rings. The van der Waals surface area contributed by atoms with E-state index < -0.39 is 0 Å². The number of hydrogen-bond donors (Lipinski definition) is 1.